The van der Waals surface area contributed by atoms with Gasteiger partial charge in [0.2, 0.25) is 16.8 Å². The zero-order chi connectivity index (χ0) is 20.4. The van der Waals surface area contributed by atoms with E-state index in [1.807, 2.05) is 28.7 Å². The Morgan fingerprint density at radius 1 is 1.17 bits per heavy atom. The zero-order valence-electron chi connectivity index (χ0n) is 15.6. The van der Waals surface area contributed by atoms with Gasteiger partial charge < -0.3 is 15.4 Å². The molecule has 4 aromatic rings. The molecule has 0 fully saturated rings. The number of nitrogens with one attached hydrogen (secondary N) is 2. The first kappa shape index (κ1) is 19.2. The van der Waals surface area contributed by atoms with Gasteiger partial charge >= 0.3 is 0 Å². The second-order valence-corrected chi connectivity index (χ2v) is 8.06. The summed E-state index contributed by atoms with van der Waals surface area (Å²) in [7, 11) is 1.52. The minimum absolute atomic E-state index is 0.151. The van der Waals surface area contributed by atoms with E-state index in [0.717, 1.165) is 15.2 Å². The predicted molar refractivity (Wildman–Crippen MR) is 115 cm³/mol. The highest BCUT2D eigenvalue weighted by molar-refractivity contribution is 7.99. The van der Waals surface area contributed by atoms with Crippen LogP contribution in [-0.4, -0.2) is 39.3 Å². The minimum Gasteiger partial charge on any atom is -0.495 e. The number of anilines is 2. The number of aromatic nitrogens is 3. The second-order valence-electron chi connectivity index (χ2n) is 6.10. The van der Waals surface area contributed by atoms with Gasteiger partial charge in [-0.2, -0.15) is 0 Å². The molecule has 4 rings (SSSR count). The SMILES string of the molecule is COc1ccc(NC(C)=O)cc1NC(=O)CSc1nnc2sc3ccccc3n12. The predicted octanol–water partition coefficient (Wildman–Crippen LogP) is 3.64. The molecule has 0 saturated carbocycles. The van der Waals surface area contributed by atoms with Gasteiger partial charge in [-0.25, -0.2) is 0 Å². The molecule has 2 heterocycles. The molecule has 0 aliphatic heterocycles. The summed E-state index contributed by atoms with van der Waals surface area (Å²) in [5.41, 5.74) is 2.08. The highest BCUT2D eigenvalue weighted by Gasteiger charge is 2.15. The third kappa shape index (κ3) is 4.03. The number of hydrogen-bond acceptors (Lipinski definition) is 7. The Labute approximate surface area is 174 Å². The van der Waals surface area contributed by atoms with Crippen LogP contribution in [0.1, 0.15) is 6.92 Å². The fourth-order valence-electron chi connectivity index (χ4n) is 2.85. The molecular formula is C19H17N5O3S2. The van der Waals surface area contributed by atoms with Crippen molar-refractivity contribution in [2.24, 2.45) is 0 Å². The van der Waals surface area contributed by atoms with Gasteiger partial charge in [-0.05, 0) is 30.3 Å². The molecule has 10 heteroatoms. The van der Waals surface area contributed by atoms with E-state index in [1.165, 1.54) is 25.8 Å². The topological polar surface area (TPSA) is 97.6 Å². The van der Waals surface area contributed by atoms with Crippen LogP contribution in [0.25, 0.3) is 15.2 Å². The molecule has 0 aliphatic rings. The van der Waals surface area contributed by atoms with Crippen molar-refractivity contribution in [2.45, 2.75) is 12.1 Å². The van der Waals surface area contributed by atoms with Crippen molar-refractivity contribution in [1.29, 1.82) is 0 Å². The second kappa shape index (κ2) is 8.10. The van der Waals surface area contributed by atoms with E-state index in [1.54, 1.807) is 29.5 Å². The number of carbonyl (C=O) groups excluding carboxylic acids is 2. The van der Waals surface area contributed by atoms with E-state index in [9.17, 15) is 9.59 Å². The van der Waals surface area contributed by atoms with Crippen LogP contribution in [0.15, 0.2) is 47.6 Å². The van der Waals surface area contributed by atoms with Gasteiger partial charge in [0.15, 0.2) is 5.16 Å². The van der Waals surface area contributed by atoms with Crippen molar-refractivity contribution in [1.82, 2.24) is 14.6 Å². The molecule has 0 saturated heterocycles. The highest BCUT2D eigenvalue weighted by atomic mass is 32.2. The van der Waals surface area contributed by atoms with Crippen LogP contribution in [0.2, 0.25) is 0 Å². The summed E-state index contributed by atoms with van der Waals surface area (Å²) >= 11 is 2.86. The first-order chi connectivity index (χ1) is 14.0. The molecule has 2 N–H and O–H groups in total. The van der Waals surface area contributed by atoms with Crippen molar-refractivity contribution in [3.05, 3.63) is 42.5 Å². The summed E-state index contributed by atoms with van der Waals surface area (Å²) in [4.78, 5) is 24.6. The molecular weight excluding hydrogens is 410 g/mol. The average Bonchev–Trinajstić information content (AvgIpc) is 3.25. The number of benzene rings is 2. The quantitative estimate of drug-likeness (QED) is 0.456. The maximum absolute atomic E-state index is 12.5. The Morgan fingerprint density at radius 3 is 2.79 bits per heavy atom. The maximum Gasteiger partial charge on any atom is 0.234 e. The normalized spacial score (nSPS) is 11.0. The molecule has 0 unspecified atom stereocenters. The van der Waals surface area contributed by atoms with Gasteiger partial charge in [0.1, 0.15) is 5.75 Å². The summed E-state index contributed by atoms with van der Waals surface area (Å²) < 4.78 is 8.36. The first-order valence-electron chi connectivity index (χ1n) is 8.66. The Morgan fingerprint density at radius 2 is 2.00 bits per heavy atom. The number of ether oxygens (including phenoxy) is 1. The third-order valence-corrected chi connectivity index (χ3v) is 5.98. The van der Waals surface area contributed by atoms with Gasteiger partial charge in [0.05, 0.1) is 28.8 Å². The van der Waals surface area contributed by atoms with Gasteiger partial charge in [0.25, 0.3) is 0 Å². The molecule has 2 amide bonds. The number of nitrogens with zero attached hydrogens (tertiary/aromatic N) is 3. The molecule has 8 nitrogen and oxygen atoms in total. The van der Waals surface area contributed by atoms with Gasteiger partial charge in [-0.3, -0.25) is 14.0 Å². The fraction of sp³-hybridized carbons (Fsp3) is 0.158. The van der Waals surface area contributed by atoms with Gasteiger partial charge in [-0.1, -0.05) is 35.2 Å². The number of rotatable bonds is 6. The molecule has 29 heavy (non-hydrogen) atoms. The van der Waals surface area contributed by atoms with E-state index in [2.05, 4.69) is 20.8 Å². The molecule has 0 aliphatic carbocycles. The Hall–Kier alpha value is -3.11. The molecule has 148 valence electrons. The molecule has 0 radical (unpaired) electrons. The summed E-state index contributed by atoms with van der Waals surface area (Å²) in [6.45, 7) is 1.42. The van der Waals surface area contributed by atoms with Crippen molar-refractivity contribution >= 4 is 61.5 Å². The Balaban J connectivity index is 1.49. The third-order valence-electron chi connectivity index (χ3n) is 4.04. The number of thioether (sulfide) groups is 1. The van der Waals surface area contributed by atoms with E-state index < -0.39 is 0 Å². The number of carbonyl (C=O) groups is 2. The van der Waals surface area contributed by atoms with Crippen molar-refractivity contribution in [3.8, 4) is 5.75 Å². The number of fused-ring (bicyclic) bond motifs is 3. The zero-order valence-corrected chi connectivity index (χ0v) is 17.3. The van der Waals surface area contributed by atoms with Crippen molar-refractivity contribution in [2.75, 3.05) is 23.5 Å². The first-order valence-corrected chi connectivity index (χ1v) is 10.5. The summed E-state index contributed by atoms with van der Waals surface area (Å²) in [6.07, 6.45) is 0. The van der Waals surface area contributed by atoms with Crippen molar-refractivity contribution < 1.29 is 14.3 Å². The smallest absolute Gasteiger partial charge is 0.234 e. The fourth-order valence-corrected chi connectivity index (χ4v) is 4.62. The van der Waals surface area contributed by atoms with Gasteiger partial charge in [-0.15, -0.1) is 10.2 Å². The van der Waals surface area contributed by atoms with Crippen LogP contribution in [0.4, 0.5) is 11.4 Å². The standard InChI is InChI=1S/C19H17N5O3S2/c1-11(25)20-12-7-8-15(27-2)13(9-12)21-17(26)10-28-18-22-23-19-24(18)14-5-3-4-6-16(14)29-19/h3-9H,10H2,1-2H3,(H,20,25)(H,21,26). The van der Waals surface area contributed by atoms with E-state index in [4.69, 9.17) is 4.74 Å². The Bertz CT molecular complexity index is 1220. The number of hydrogen-bond donors (Lipinski definition) is 2. The van der Waals surface area contributed by atoms with Crippen LogP contribution >= 0.6 is 23.1 Å². The summed E-state index contributed by atoms with van der Waals surface area (Å²) in [6, 6.07) is 13.0. The largest absolute Gasteiger partial charge is 0.495 e. The summed E-state index contributed by atoms with van der Waals surface area (Å²) in [5.74, 6) is 0.246. The molecule has 0 spiro atoms. The average molecular weight is 428 g/mol. The highest BCUT2D eigenvalue weighted by Crippen LogP contribution is 2.30. The lowest BCUT2D eigenvalue weighted by Crippen LogP contribution is -2.15. The maximum atomic E-state index is 12.5. The number of amides is 2. The van der Waals surface area contributed by atoms with Crippen LogP contribution in [0, 0.1) is 0 Å². The lowest BCUT2D eigenvalue weighted by molar-refractivity contribution is -0.114. The van der Waals surface area contributed by atoms with Crippen LogP contribution in [0.3, 0.4) is 0 Å². The monoisotopic (exact) mass is 427 g/mol. The van der Waals surface area contributed by atoms with E-state index >= 15 is 0 Å². The molecule has 0 atom stereocenters. The van der Waals surface area contributed by atoms with E-state index in [0.29, 0.717) is 22.3 Å². The lowest BCUT2D eigenvalue weighted by Gasteiger charge is -2.12. The number of thiazole rings is 1. The van der Waals surface area contributed by atoms with Crippen LogP contribution in [0.5, 0.6) is 5.75 Å². The molecule has 2 aromatic heterocycles. The summed E-state index contributed by atoms with van der Waals surface area (Å²) in [5, 5.41) is 14.6. The molecule has 2 aromatic carbocycles. The van der Waals surface area contributed by atoms with Crippen molar-refractivity contribution in [3.63, 3.8) is 0 Å². The van der Waals surface area contributed by atoms with Gasteiger partial charge in [0, 0.05) is 12.6 Å². The minimum atomic E-state index is -0.218. The number of methoxy groups -OCH3 is 1. The molecule has 0 bridgehead atoms. The van der Waals surface area contributed by atoms with Crippen LogP contribution < -0.4 is 15.4 Å². The number of para-hydroxylation sites is 1. The Kier molecular flexibility index (Phi) is 5.36. The van der Waals surface area contributed by atoms with E-state index in [-0.39, 0.29) is 17.6 Å². The lowest BCUT2D eigenvalue weighted by atomic mass is 10.2. The van der Waals surface area contributed by atoms with Crippen LogP contribution in [-0.2, 0) is 9.59 Å².